The van der Waals surface area contributed by atoms with Crippen LogP contribution in [0.2, 0.25) is 0 Å². The molecule has 0 aliphatic carbocycles. The number of aromatic nitrogens is 4. The van der Waals surface area contributed by atoms with Crippen LogP contribution in [-0.2, 0) is 4.74 Å². The lowest BCUT2D eigenvalue weighted by molar-refractivity contribution is 0.111. The number of ether oxygens (including phenoxy) is 1. The fraction of sp³-hybridized carbons (Fsp3) is 0.318. The van der Waals surface area contributed by atoms with Crippen molar-refractivity contribution in [2.45, 2.75) is 13.8 Å². The van der Waals surface area contributed by atoms with Gasteiger partial charge < -0.3 is 19.0 Å². The van der Waals surface area contributed by atoms with Crippen molar-refractivity contribution in [1.82, 2.24) is 25.1 Å². The Morgan fingerprint density at radius 3 is 2.65 bits per heavy atom. The van der Waals surface area contributed by atoms with Crippen molar-refractivity contribution >= 4 is 11.9 Å². The highest BCUT2D eigenvalue weighted by molar-refractivity contribution is 5.68. The first-order chi connectivity index (χ1) is 15.2. The van der Waals surface area contributed by atoms with Gasteiger partial charge in [-0.1, -0.05) is 24.1 Å². The van der Waals surface area contributed by atoms with Crippen LogP contribution in [-0.4, -0.2) is 63.9 Å². The van der Waals surface area contributed by atoms with Gasteiger partial charge in [0.25, 0.3) is 5.89 Å². The van der Waals surface area contributed by atoms with Crippen molar-refractivity contribution in [2.75, 3.05) is 37.7 Å². The molecule has 1 fully saturated rings. The molecule has 9 nitrogen and oxygen atoms in total. The van der Waals surface area contributed by atoms with Crippen LogP contribution in [0.3, 0.4) is 0 Å². The Morgan fingerprint density at radius 2 is 1.90 bits per heavy atom. The molecule has 0 saturated carbocycles. The lowest BCUT2D eigenvalue weighted by Crippen LogP contribution is -2.49. The van der Waals surface area contributed by atoms with E-state index < -0.39 is 0 Å². The molecule has 9 heteroatoms. The predicted octanol–water partition coefficient (Wildman–Crippen LogP) is 3.03. The number of benzene rings is 1. The van der Waals surface area contributed by atoms with Gasteiger partial charge in [0.1, 0.15) is 5.82 Å². The van der Waals surface area contributed by atoms with E-state index in [0.717, 1.165) is 5.56 Å². The molecule has 0 spiro atoms. The van der Waals surface area contributed by atoms with Gasteiger partial charge in [-0.25, -0.2) is 9.78 Å². The molecule has 160 valence electrons. The van der Waals surface area contributed by atoms with Gasteiger partial charge in [-0.2, -0.15) is 0 Å². The zero-order chi connectivity index (χ0) is 21.6. The number of piperazine rings is 1. The minimum atomic E-state index is -0.350. The van der Waals surface area contributed by atoms with E-state index in [1.54, 1.807) is 18.0 Å². The minimum Gasteiger partial charge on any atom is -0.436 e. The summed E-state index contributed by atoms with van der Waals surface area (Å²) in [5, 5.41) is 8.30. The standard InChI is InChI=1S/C22H22N6O3.H2/c1-3-4-14-30-22(29)28-12-10-27(11-13-28)18-15-23-16(2)19(24-18)21-26-25-20(31-21)17-8-6-5-7-9-17;/h5-9,15H,10-14H2,1-2H3;1H. The number of hydrogen-bond acceptors (Lipinski definition) is 8. The van der Waals surface area contributed by atoms with Crippen LogP contribution in [0.4, 0.5) is 10.6 Å². The third-order valence-electron chi connectivity index (χ3n) is 4.90. The number of nitrogens with zero attached hydrogens (tertiary/aromatic N) is 6. The van der Waals surface area contributed by atoms with Crippen molar-refractivity contribution in [2.24, 2.45) is 0 Å². The second-order valence-electron chi connectivity index (χ2n) is 6.90. The molecule has 4 rings (SSSR count). The topological polar surface area (TPSA) is 97.5 Å². The van der Waals surface area contributed by atoms with Crippen molar-refractivity contribution in [3.05, 3.63) is 42.2 Å². The predicted molar refractivity (Wildman–Crippen MR) is 116 cm³/mol. The Morgan fingerprint density at radius 1 is 1.16 bits per heavy atom. The van der Waals surface area contributed by atoms with Gasteiger partial charge in [-0.05, 0) is 26.0 Å². The Hall–Kier alpha value is -3.93. The van der Waals surface area contributed by atoms with E-state index >= 15 is 0 Å². The highest BCUT2D eigenvalue weighted by atomic mass is 16.6. The smallest absolute Gasteiger partial charge is 0.410 e. The van der Waals surface area contributed by atoms with Crippen LogP contribution >= 0.6 is 0 Å². The lowest BCUT2D eigenvalue weighted by Gasteiger charge is -2.34. The molecule has 0 unspecified atom stereocenters. The highest BCUT2D eigenvalue weighted by Gasteiger charge is 2.24. The van der Waals surface area contributed by atoms with Crippen molar-refractivity contribution in [1.29, 1.82) is 0 Å². The fourth-order valence-corrected chi connectivity index (χ4v) is 3.19. The molecule has 2 aromatic heterocycles. The Bertz CT molecular complexity index is 1120. The maximum atomic E-state index is 12.1. The summed E-state index contributed by atoms with van der Waals surface area (Å²) in [6, 6.07) is 9.57. The summed E-state index contributed by atoms with van der Waals surface area (Å²) in [6.45, 7) is 5.96. The van der Waals surface area contributed by atoms with E-state index in [-0.39, 0.29) is 14.1 Å². The number of carbonyl (C=O) groups is 1. The average molecular weight is 420 g/mol. The Kier molecular flexibility index (Phi) is 6.08. The second kappa shape index (κ2) is 9.26. The SMILES string of the molecule is CC#CCOC(=O)N1CCN(c2cnc(C)c(-c3nnc(-c4ccccc4)o3)n2)CC1.[HH]. The second-order valence-corrected chi connectivity index (χ2v) is 6.90. The first kappa shape index (κ1) is 20.3. The lowest BCUT2D eigenvalue weighted by atomic mass is 10.2. The van der Waals surface area contributed by atoms with Gasteiger partial charge in [0.05, 0.1) is 11.9 Å². The number of rotatable bonds is 4. The number of carbonyl (C=O) groups excluding carboxylic acids is 1. The summed E-state index contributed by atoms with van der Waals surface area (Å²) in [5.41, 5.74) is 2.09. The first-order valence-corrected chi connectivity index (χ1v) is 9.95. The molecule has 1 saturated heterocycles. The van der Waals surface area contributed by atoms with Crippen LogP contribution < -0.4 is 4.90 Å². The van der Waals surface area contributed by atoms with E-state index in [2.05, 4.69) is 31.9 Å². The van der Waals surface area contributed by atoms with Crippen LogP contribution in [0, 0.1) is 18.8 Å². The highest BCUT2D eigenvalue weighted by Crippen LogP contribution is 2.26. The number of aryl methyl sites for hydroxylation is 1. The van der Waals surface area contributed by atoms with Gasteiger partial charge in [0.15, 0.2) is 12.3 Å². The molecule has 0 bridgehead atoms. The normalized spacial score (nSPS) is 13.5. The third-order valence-corrected chi connectivity index (χ3v) is 4.90. The van der Waals surface area contributed by atoms with Gasteiger partial charge in [0, 0.05) is 33.2 Å². The zero-order valence-electron chi connectivity index (χ0n) is 17.4. The molecule has 1 aliphatic heterocycles. The summed E-state index contributed by atoms with van der Waals surface area (Å²) in [4.78, 5) is 25.0. The Balaban J connectivity index is 0.00000289. The summed E-state index contributed by atoms with van der Waals surface area (Å²) in [5.74, 6) is 6.88. The monoisotopic (exact) mass is 420 g/mol. The molecule has 1 amide bonds. The van der Waals surface area contributed by atoms with E-state index in [1.807, 2.05) is 37.3 Å². The minimum absolute atomic E-state index is 0. The molecular weight excluding hydrogens is 396 g/mol. The fourth-order valence-electron chi connectivity index (χ4n) is 3.19. The number of anilines is 1. The van der Waals surface area contributed by atoms with Gasteiger partial charge in [-0.3, -0.25) is 4.98 Å². The molecule has 0 N–H and O–H groups in total. The molecule has 3 aromatic rings. The molecular formula is C22H24N6O3. The van der Waals surface area contributed by atoms with Gasteiger partial charge in [-0.15, -0.1) is 16.1 Å². The maximum Gasteiger partial charge on any atom is 0.410 e. The van der Waals surface area contributed by atoms with Crippen LogP contribution in [0.25, 0.3) is 23.0 Å². The van der Waals surface area contributed by atoms with E-state index in [1.165, 1.54) is 0 Å². The average Bonchev–Trinajstić information content (AvgIpc) is 3.30. The van der Waals surface area contributed by atoms with E-state index in [9.17, 15) is 4.79 Å². The number of hydrogen-bond donors (Lipinski definition) is 0. The molecule has 1 aromatic carbocycles. The summed E-state index contributed by atoms with van der Waals surface area (Å²) in [7, 11) is 0. The third kappa shape index (κ3) is 4.64. The molecule has 1 aliphatic rings. The quantitative estimate of drug-likeness (QED) is 0.594. The molecule has 3 heterocycles. The van der Waals surface area contributed by atoms with Crippen LogP contribution in [0.15, 0.2) is 40.9 Å². The van der Waals surface area contributed by atoms with E-state index in [0.29, 0.717) is 55.2 Å². The van der Waals surface area contributed by atoms with Crippen LogP contribution in [0.1, 0.15) is 14.0 Å². The summed E-state index contributed by atoms with van der Waals surface area (Å²) >= 11 is 0. The van der Waals surface area contributed by atoms with Crippen molar-refractivity contribution in [3.8, 4) is 34.9 Å². The molecule has 31 heavy (non-hydrogen) atoms. The largest absolute Gasteiger partial charge is 0.436 e. The summed E-state index contributed by atoms with van der Waals surface area (Å²) in [6.07, 6.45) is 1.37. The first-order valence-electron chi connectivity index (χ1n) is 9.95. The number of amides is 1. The van der Waals surface area contributed by atoms with E-state index in [4.69, 9.17) is 14.1 Å². The van der Waals surface area contributed by atoms with Crippen molar-refractivity contribution < 1.29 is 15.4 Å². The molecule has 0 radical (unpaired) electrons. The summed E-state index contributed by atoms with van der Waals surface area (Å²) < 4.78 is 11.0. The van der Waals surface area contributed by atoms with Crippen molar-refractivity contribution in [3.63, 3.8) is 0 Å². The molecule has 0 atom stereocenters. The van der Waals surface area contributed by atoms with Gasteiger partial charge in [0.2, 0.25) is 5.89 Å². The maximum absolute atomic E-state index is 12.1. The zero-order valence-corrected chi connectivity index (χ0v) is 17.4. The van der Waals surface area contributed by atoms with Crippen LogP contribution in [0.5, 0.6) is 0 Å². The Labute approximate surface area is 181 Å². The van der Waals surface area contributed by atoms with Gasteiger partial charge >= 0.3 is 6.09 Å².